The molecule has 2 heterocycles. The minimum absolute atomic E-state index is 0.190. The molecule has 2 N–H and O–H groups in total. The van der Waals surface area contributed by atoms with Crippen LogP contribution in [0.25, 0.3) is 5.69 Å². The van der Waals surface area contributed by atoms with Gasteiger partial charge in [0.25, 0.3) is 0 Å². The van der Waals surface area contributed by atoms with Crippen LogP contribution < -0.4 is 5.32 Å². The van der Waals surface area contributed by atoms with Gasteiger partial charge in [0.15, 0.2) is 0 Å². The smallest absolute Gasteiger partial charge is 0.120 e. The van der Waals surface area contributed by atoms with Gasteiger partial charge in [0, 0.05) is 28.7 Å². The number of hydrogen-bond acceptors (Lipinski definition) is 4. The van der Waals surface area contributed by atoms with E-state index >= 15 is 0 Å². The first-order chi connectivity index (χ1) is 12.8. The van der Waals surface area contributed by atoms with Gasteiger partial charge in [0.1, 0.15) is 5.60 Å². The Labute approximate surface area is 164 Å². The molecule has 3 rings (SSSR count). The Kier molecular flexibility index (Phi) is 5.81. The summed E-state index contributed by atoms with van der Waals surface area (Å²) in [6.07, 6.45) is 1.94. The van der Waals surface area contributed by atoms with Gasteiger partial charge >= 0.3 is 0 Å². The van der Waals surface area contributed by atoms with E-state index in [1.54, 1.807) is 25.2 Å². The molecule has 0 radical (unpaired) electrons. The minimum atomic E-state index is -0.965. The topological polar surface area (TPSA) is 50.1 Å². The molecule has 4 nitrogen and oxygen atoms in total. The number of aliphatic hydroxyl groups is 1. The van der Waals surface area contributed by atoms with Gasteiger partial charge in [-0.2, -0.15) is 5.10 Å². The summed E-state index contributed by atoms with van der Waals surface area (Å²) in [5.41, 5.74) is 2.44. The number of nitrogens with zero attached hydrogens (tertiary/aromatic N) is 2. The molecular weight excluding hydrogens is 354 g/mol. The van der Waals surface area contributed by atoms with Crippen molar-refractivity contribution in [2.24, 2.45) is 0 Å². The average Bonchev–Trinajstić information content (AvgIpc) is 3.24. The van der Waals surface area contributed by atoms with Crippen LogP contribution >= 0.6 is 11.3 Å². The molecule has 140 valence electrons. The van der Waals surface area contributed by atoms with Crippen LogP contribution in [0.1, 0.15) is 47.8 Å². The van der Waals surface area contributed by atoms with Crippen molar-refractivity contribution >= 4 is 11.3 Å². The summed E-state index contributed by atoms with van der Waals surface area (Å²) in [5, 5.41) is 17.8. The lowest BCUT2D eigenvalue weighted by atomic mass is 10.1. The van der Waals surface area contributed by atoms with E-state index in [1.807, 2.05) is 35.1 Å². The van der Waals surface area contributed by atoms with Crippen molar-refractivity contribution in [3.05, 3.63) is 69.7 Å². The third kappa shape index (κ3) is 5.08. The molecule has 0 aliphatic carbocycles. The Hall–Kier alpha value is -2.39. The van der Waals surface area contributed by atoms with Crippen molar-refractivity contribution in [1.29, 1.82) is 0 Å². The lowest BCUT2D eigenvalue weighted by Gasteiger charge is -2.13. The third-order valence-corrected chi connectivity index (χ3v) is 5.25. The molecule has 0 bridgehead atoms. The van der Waals surface area contributed by atoms with Gasteiger partial charge in [0.2, 0.25) is 0 Å². The Morgan fingerprint density at radius 2 is 1.96 bits per heavy atom. The summed E-state index contributed by atoms with van der Waals surface area (Å²) in [5.74, 6) is 5.88. The zero-order valence-corrected chi connectivity index (χ0v) is 17.0. The lowest BCUT2D eigenvalue weighted by molar-refractivity contribution is 0.143. The van der Waals surface area contributed by atoms with Crippen LogP contribution in [0.4, 0.5) is 0 Å². The number of nitrogens with one attached hydrogen (secondary N) is 1. The predicted octanol–water partition coefficient (Wildman–Crippen LogP) is 4.22. The van der Waals surface area contributed by atoms with E-state index in [4.69, 9.17) is 0 Å². The molecule has 0 fully saturated rings. The molecule has 5 heteroatoms. The van der Waals surface area contributed by atoms with Crippen molar-refractivity contribution in [2.75, 3.05) is 0 Å². The standard InChI is InChI=1S/C22H25N3OS/c1-16(21-15-24-25(17(21)2)18-8-6-5-7-9-18)23-14-20-11-10-19(27-20)12-13-22(3,4)26/h5-11,15-16,23,26H,14H2,1-4H3/t16-/m0/s1. The van der Waals surface area contributed by atoms with Crippen LogP contribution in [-0.2, 0) is 6.54 Å². The maximum atomic E-state index is 9.71. The highest BCUT2D eigenvalue weighted by Gasteiger charge is 2.14. The number of aromatic nitrogens is 2. The van der Waals surface area contributed by atoms with Gasteiger partial charge in [-0.25, -0.2) is 4.68 Å². The van der Waals surface area contributed by atoms with Crippen LogP contribution in [-0.4, -0.2) is 20.5 Å². The summed E-state index contributed by atoms with van der Waals surface area (Å²) in [7, 11) is 0. The molecule has 2 aromatic heterocycles. The highest BCUT2D eigenvalue weighted by atomic mass is 32.1. The zero-order chi connectivity index (χ0) is 19.4. The SMILES string of the molecule is Cc1c([C@H](C)NCc2ccc(C#CC(C)(C)O)s2)cnn1-c1ccccc1. The fraction of sp³-hybridized carbons (Fsp3) is 0.318. The Balaban J connectivity index is 1.65. The summed E-state index contributed by atoms with van der Waals surface area (Å²) in [6, 6.07) is 14.4. The molecule has 1 atom stereocenters. The first kappa shape index (κ1) is 19.4. The van der Waals surface area contributed by atoms with Crippen LogP contribution in [0.5, 0.6) is 0 Å². The van der Waals surface area contributed by atoms with Crippen molar-refractivity contribution in [2.45, 2.75) is 45.9 Å². The highest BCUT2D eigenvalue weighted by molar-refractivity contribution is 7.12. The first-order valence-corrected chi connectivity index (χ1v) is 9.83. The maximum absolute atomic E-state index is 9.71. The van der Waals surface area contributed by atoms with Crippen molar-refractivity contribution in [3.8, 4) is 17.5 Å². The second kappa shape index (κ2) is 8.10. The summed E-state index contributed by atoms with van der Waals surface area (Å²) < 4.78 is 1.98. The lowest BCUT2D eigenvalue weighted by Crippen LogP contribution is -2.18. The van der Waals surface area contributed by atoms with E-state index in [0.29, 0.717) is 0 Å². The molecule has 0 amide bonds. The van der Waals surface area contributed by atoms with Crippen LogP contribution in [0.3, 0.4) is 0 Å². The fourth-order valence-corrected chi connectivity index (χ4v) is 3.61. The molecule has 0 unspecified atom stereocenters. The quantitative estimate of drug-likeness (QED) is 0.653. The van der Waals surface area contributed by atoms with E-state index < -0.39 is 5.60 Å². The van der Waals surface area contributed by atoms with E-state index in [-0.39, 0.29) is 6.04 Å². The van der Waals surface area contributed by atoms with Crippen molar-refractivity contribution in [3.63, 3.8) is 0 Å². The largest absolute Gasteiger partial charge is 0.378 e. The third-order valence-electron chi connectivity index (χ3n) is 4.25. The van der Waals surface area contributed by atoms with Gasteiger partial charge in [-0.15, -0.1) is 11.3 Å². The molecule has 3 aromatic rings. The van der Waals surface area contributed by atoms with Crippen LogP contribution in [0.2, 0.25) is 0 Å². The monoisotopic (exact) mass is 379 g/mol. The number of hydrogen-bond donors (Lipinski definition) is 2. The van der Waals surface area contributed by atoms with Gasteiger partial charge in [-0.3, -0.25) is 0 Å². The van der Waals surface area contributed by atoms with Gasteiger partial charge in [-0.1, -0.05) is 30.0 Å². The average molecular weight is 380 g/mol. The zero-order valence-electron chi connectivity index (χ0n) is 16.2. The Morgan fingerprint density at radius 3 is 2.67 bits per heavy atom. The van der Waals surface area contributed by atoms with E-state index in [9.17, 15) is 5.11 Å². The summed E-state index contributed by atoms with van der Waals surface area (Å²) in [4.78, 5) is 2.18. The van der Waals surface area contributed by atoms with E-state index in [0.717, 1.165) is 22.8 Å². The molecule has 0 spiro atoms. The van der Waals surface area contributed by atoms with Crippen molar-refractivity contribution < 1.29 is 5.11 Å². The highest BCUT2D eigenvalue weighted by Crippen LogP contribution is 2.22. The normalized spacial score (nSPS) is 12.5. The van der Waals surface area contributed by atoms with Crippen LogP contribution in [0.15, 0.2) is 48.7 Å². The number of thiophene rings is 1. The van der Waals surface area contributed by atoms with E-state index in [2.05, 4.69) is 54.3 Å². The number of para-hydroxylation sites is 1. The number of rotatable bonds is 5. The first-order valence-electron chi connectivity index (χ1n) is 9.01. The fourth-order valence-electron chi connectivity index (χ4n) is 2.80. The molecular formula is C22H25N3OS. The Morgan fingerprint density at radius 1 is 1.22 bits per heavy atom. The molecule has 1 aromatic carbocycles. The minimum Gasteiger partial charge on any atom is -0.378 e. The second-order valence-corrected chi connectivity index (χ2v) is 8.28. The summed E-state index contributed by atoms with van der Waals surface area (Å²) >= 11 is 1.65. The maximum Gasteiger partial charge on any atom is 0.120 e. The van der Waals surface area contributed by atoms with Crippen LogP contribution in [0, 0.1) is 18.8 Å². The second-order valence-electron chi connectivity index (χ2n) is 7.11. The summed E-state index contributed by atoms with van der Waals surface area (Å²) in [6.45, 7) is 8.41. The van der Waals surface area contributed by atoms with Gasteiger partial charge in [0.05, 0.1) is 16.8 Å². The molecule has 0 saturated heterocycles. The van der Waals surface area contributed by atoms with E-state index in [1.165, 1.54) is 10.4 Å². The molecule has 0 saturated carbocycles. The predicted molar refractivity (Wildman–Crippen MR) is 111 cm³/mol. The Bertz CT molecular complexity index is 955. The molecule has 0 aliphatic heterocycles. The van der Waals surface area contributed by atoms with Crippen molar-refractivity contribution in [1.82, 2.24) is 15.1 Å². The molecule has 0 aliphatic rings. The number of benzene rings is 1. The van der Waals surface area contributed by atoms with Gasteiger partial charge < -0.3 is 10.4 Å². The molecule has 27 heavy (non-hydrogen) atoms. The van der Waals surface area contributed by atoms with Gasteiger partial charge in [-0.05, 0) is 52.0 Å².